The number of carbonyl (C=O) groups excluding carboxylic acids is 5. The number of ketones is 1. The van der Waals surface area contributed by atoms with Gasteiger partial charge in [-0.2, -0.15) is 0 Å². The minimum absolute atomic E-state index is 0.0133. The van der Waals surface area contributed by atoms with E-state index in [-0.39, 0.29) is 23.1 Å². The van der Waals surface area contributed by atoms with Crippen LogP contribution in [0.1, 0.15) is 92.4 Å². The number of carboxylic acid groups (broad SMARTS) is 1. The van der Waals surface area contributed by atoms with Gasteiger partial charge in [-0.05, 0) is 78.7 Å². The molecular weight excluding hydrogens is 790 g/mol. The molecule has 3 fully saturated rings. The van der Waals surface area contributed by atoms with Crippen LogP contribution in [-0.4, -0.2) is 134 Å². The number of aliphatic carboxylic acids is 1. The van der Waals surface area contributed by atoms with Gasteiger partial charge in [0.15, 0.2) is 17.5 Å². The number of hydrogen-bond donors (Lipinski definition) is 6. The van der Waals surface area contributed by atoms with Crippen molar-refractivity contribution in [1.82, 2.24) is 5.32 Å². The monoisotopic (exact) mass is 847 g/mol. The highest BCUT2D eigenvalue weighted by Gasteiger charge is 2.79. The lowest BCUT2D eigenvalue weighted by Crippen LogP contribution is -2.82. The lowest BCUT2D eigenvalue weighted by atomic mass is 9.44. The largest absolute Gasteiger partial charge is 0.508 e. The van der Waals surface area contributed by atoms with Crippen LogP contribution in [0.25, 0.3) is 0 Å². The van der Waals surface area contributed by atoms with Crippen LogP contribution in [0.15, 0.2) is 41.5 Å². The van der Waals surface area contributed by atoms with E-state index in [1.165, 1.54) is 46.8 Å². The van der Waals surface area contributed by atoms with Gasteiger partial charge in [0.05, 0.1) is 48.2 Å². The van der Waals surface area contributed by atoms with Crippen LogP contribution in [0.5, 0.6) is 0 Å². The molecule has 1 aliphatic heterocycles. The molecule has 5 rings (SSSR count). The predicted molar refractivity (Wildman–Crippen MR) is 206 cm³/mol. The number of rotatable bonds is 9. The Kier molecular flexibility index (Phi) is 11.9. The van der Waals surface area contributed by atoms with Gasteiger partial charge < -0.3 is 59.3 Å². The summed E-state index contributed by atoms with van der Waals surface area (Å²) in [6.07, 6.45) is -12.6. The number of methoxy groups -OCH3 is 1. The highest BCUT2D eigenvalue weighted by atomic mass is 16.8. The van der Waals surface area contributed by atoms with Gasteiger partial charge in [-0.15, -0.1) is 0 Å². The number of fused-ring (bicyclic) bond motifs is 5. The standard InChI is InChI=1S/C42H57NO17/c1-20-24-25(45)29(47)40(10)22(44)17-23-41(19-56-23,60-35(53)55-11)27(40)30(57-31(48)21-15-13-12-14-16-21)42(54,38(24,7)8)18-39(20,9)58-32(49)26(46)28(37(5,6)33(50)51)43-34(52)59-36(2,3)4/h12-16,22-23,25-28,30,44-46,54H,17-19H2,1-11H3,(H,43,52)(H,50,51)/t22?,23-,25-,26-,27?,28-,30+,39-,40-,41+,42-/m1/s1. The fourth-order valence-corrected chi connectivity index (χ4v) is 9.56. The van der Waals surface area contributed by atoms with Crippen LogP contribution >= 0.6 is 0 Å². The van der Waals surface area contributed by atoms with Gasteiger partial charge in [-0.1, -0.05) is 32.0 Å². The van der Waals surface area contributed by atoms with Crippen molar-refractivity contribution in [2.45, 2.75) is 141 Å². The first kappa shape index (κ1) is 46.4. The normalized spacial score (nSPS) is 34.5. The third kappa shape index (κ3) is 7.33. The van der Waals surface area contributed by atoms with Crippen molar-refractivity contribution in [2.24, 2.45) is 22.2 Å². The maximum absolute atomic E-state index is 15.0. The number of carbonyl (C=O) groups is 6. The van der Waals surface area contributed by atoms with Crippen molar-refractivity contribution in [3.05, 3.63) is 47.0 Å². The van der Waals surface area contributed by atoms with Crippen LogP contribution in [0.2, 0.25) is 0 Å². The molecule has 18 nitrogen and oxygen atoms in total. The Bertz CT molecular complexity index is 1960. The Balaban J connectivity index is 1.73. The molecule has 0 radical (unpaired) electrons. The van der Waals surface area contributed by atoms with Crippen LogP contribution < -0.4 is 5.32 Å². The Morgan fingerprint density at radius 2 is 1.57 bits per heavy atom. The molecule has 2 unspecified atom stereocenters. The summed E-state index contributed by atoms with van der Waals surface area (Å²) < 4.78 is 34.2. The second-order valence-corrected chi connectivity index (χ2v) is 18.8. The summed E-state index contributed by atoms with van der Waals surface area (Å²) in [6, 6.07) is 5.76. The number of benzene rings is 1. The first-order valence-electron chi connectivity index (χ1n) is 19.6. The minimum Gasteiger partial charge on any atom is -0.481 e. The van der Waals surface area contributed by atoms with Gasteiger partial charge in [0.2, 0.25) is 0 Å². The summed E-state index contributed by atoms with van der Waals surface area (Å²) in [6.45, 7) is 13.5. The first-order chi connectivity index (χ1) is 27.5. The molecule has 2 bridgehead atoms. The van der Waals surface area contributed by atoms with Crippen molar-refractivity contribution in [2.75, 3.05) is 13.7 Å². The Morgan fingerprint density at radius 1 is 0.967 bits per heavy atom. The molecular formula is C42H57NO17. The van der Waals surface area contributed by atoms with E-state index in [4.69, 9.17) is 28.4 Å². The number of amides is 1. The Hall–Kier alpha value is -4.62. The number of alkyl carbamates (subject to hydrolysis) is 1. The SMILES string of the molecule is COC(=O)O[C@@]12CO[C@@H]1CC(O)[C@@]1(C)C(=O)[C@H](O)C3=C(C)[C@](C)(OC(=O)[C@H](O)[C@@H](NC(=O)OC(C)(C)C)C(C)(C)C(=O)O)C[C@@](O)([C@@H](OC(=O)c4ccccc4)C12)C3(C)C. The zero-order valence-corrected chi connectivity index (χ0v) is 35.7. The summed E-state index contributed by atoms with van der Waals surface area (Å²) >= 11 is 0. The molecule has 1 aromatic carbocycles. The summed E-state index contributed by atoms with van der Waals surface area (Å²) in [5.41, 5.74) is -13.6. The van der Waals surface area contributed by atoms with Crippen LogP contribution in [-0.2, 0) is 42.8 Å². The molecule has 1 saturated heterocycles. The molecule has 18 heteroatoms. The number of esters is 2. The summed E-state index contributed by atoms with van der Waals surface area (Å²) in [5, 5.41) is 61.7. The lowest BCUT2D eigenvalue weighted by Gasteiger charge is -2.67. The van der Waals surface area contributed by atoms with Crippen LogP contribution in [0.3, 0.4) is 0 Å². The van der Waals surface area contributed by atoms with E-state index in [0.29, 0.717) is 0 Å². The molecule has 1 amide bonds. The number of ether oxygens (including phenoxy) is 6. The van der Waals surface area contributed by atoms with E-state index in [1.807, 2.05) is 0 Å². The third-order valence-electron chi connectivity index (χ3n) is 13.3. The lowest BCUT2D eigenvalue weighted by molar-refractivity contribution is -0.345. The zero-order chi connectivity index (χ0) is 45.3. The van der Waals surface area contributed by atoms with Crippen molar-refractivity contribution >= 4 is 35.9 Å². The molecule has 0 aromatic heterocycles. The summed E-state index contributed by atoms with van der Waals surface area (Å²) in [4.78, 5) is 81.8. The van der Waals surface area contributed by atoms with Crippen molar-refractivity contribution < 1.29 is 82.7 Å². The summed E-state index contributed by atoms with van der Waals surface area (Å²) in [7, 11) is 1.04. The average Bonchev–Trinajstić information content (AvgIpc) is 3.14. The van der Waals surface area contributed by atoms with Crippen LogP contribution in [0, 0.1) is 22.2 Å². The second-order valence-electron chi connectivity index (χ2n) is 18.8. The molecule has 2 saturated carbocycles. The third-order valence-corrected chi connectivity index (χ3v) is 13.3. The maximum Gasteiger partial charge on any atom is 0.508 e. The molecule has 0 spiro atoms. The molecule has 332 valence electrons. The van der Waals surface area contributed by atoms with Crippen LogP contribution in [0.4, 0.5) is 9.59 Å². The van der Waals surface area contributed by atoms with E-state index in [9.17, 15) is 49.5 Å². The van der Waals surface area contributed by atoms with Gasteiger partial charge in [-0.3, -0.25) is 9.59 Å². The Morgan fingerprint density at radius 3 is 2.08 bits per heavy atom. The summed E-state index contributed by atoms with van der Waals surface area (Å²) in [5.74, 6) is -6.68. The van der Waals surface area contributed by atoms with Gasteiger partial charge >= 0.3 is 30.2 Å². The van der Waals surface area contributed by atoms with Crippen molar-refractivity contribution in [3.8, 4) is 0 Å². The van der Waals surface area contributed by atoms with Gasteiger partial charge in [0.25, 0.3) is 0 Å². The minimum atomic E-state index is -2.52. The second kappa shape index (κ2) is 15.4. The number of hydrogen-bond acceptors (Lipinski definition) is 16. The van der Waals surface area contributed by atoms with E-state index in [0.717, 1.165) is 21.0 Å². The molecule has 11 atom stereocenters. The predicted octanol–water partition coefficient (Wildman–Crippen LogP) is 2.61. The fraction of sp³-hybridized carbons (Fsp3) is 0.667. The quantitative estimate of drug-likeness (QED) is 0.118. The maximum atomic E-state index is 15.0. The van der Waals surface area contributed by atoms with Gasteiger partial charge in [-0.25, -0.2) is 19.2 Å². The van der Waals surface area contributed by atoms with E-state index in [1.54, 1.807) is 39.0 Å². The number of Topliss-reactive ketones (excluding diaryl/α,β-unsaturated/α-hetero) is 1. The fourth-order valence-electron chi connectivity index (χ4n) is 9.56. The highest BCUT2D eigenvalue weighted by molar-refractivity contribution is 5.94. The first-order valence-corrected chi connectivity index (χ1v) is 19.6. The molecule has 1 heterocycles. The van der Waals surface area contributed by atoms with Crippen molar-refractivity contribution in [3.63, 3.8) is 0 Å². The number of aliphatic hydroxyl groups is 4. The zero-order valence-electron chi connectivity index (χ0n) is 35.7. The van der Waals surface area contributed by atoms with Gasteiger partial charge in [0, 0.05) is 18.3 Å². The van der Waals surface area contributed by atoms with E-state index < -0.39 is 130 Å². The topological polar surface area (TPSA) is 271 Å². The number of nitrogens with one attached hydrogen (secondary N) is 1. The average molecular weight is 848 g/mol. The molecule has 1 aromatic rings. The smallest absolute Gasteiger partial charge is 0.481 e. The van der Waals surface area contributed by atoms with E-state index in [2.05, 4.69) is 5.32 Å². The number of carboxylic acids is 1. The molecule has 6 N–H and O–H groups in total. The Labute approximate surface area is 347 Å². The van der Waals surface area contributed by atoms with E-state index >= 15 is 4.79 Å². The molecule has 60 heavy (non-hydrogen) atoms. The number of aliphatic hydroxyl groups excluding tert-OH is 3. The van der Waals surface area contributed by atoms with Crippen molar-refractivity contribution in [1.29, 1.82) is 0 Å². The van der Waals surface area contributed by atoms with Gasteiger partial charge in [0.1, 0.15) is 35.1 Å². The molecule has 3 aliphatic carbocycles. The molecule has 4 aliphatic rings. The highest BCUT2D eigenvalue weighted by Crippen LogP contribution is 2.65.